The van der Waals surface area contributed by atoms with Gasteiger partial charge in [-0.25, -0.2) is 0 Å². The Kier molecular flexibility index (Phi) is 5.05. The highest BCUT2D eigenvalue weighted by Crippen LogP contribution is 2.19. The Morgan fingerprint density at radius 1 is 1.31 bits per heavy atom. The van der Waals surface area contributed by atoms with Crippen LogP contribution in [-0.2, 0) is 0 Å². The van der Waals surface area contributed by atoms with Crippen molar-refractivity contribution < 1.29 is 13.2 Å². The Labute approximate surface area is 95.2 Å². The average Bonchev–Trinajstić information content (AvgIpc) is 2.63. The Hall–Kier alpha value is -0.290. The van der Waals surface area contributed by atoms with Crippen LogP contribution >= 0.6 is 0 Å². The van der Waals surface area contributed by atoms with E-state index in [1.54, 1.807) is 0 Å². The van der Waals surface area contributed by atoms with Crippen molar-refractivity contribution in [3.8, 4) is 0 Å². The first-order chi connectivity index (χ1) is 7.38. The monoisotopic (exact) mass is 238 g/mol. The molecule has 0 aliphatic heterocycles. The molecule has 1 rings (SSSR count). The number of alkyl halides is 3. The zero-order chi connectivity index (χ0) is 12.2. The van der Waals surface area contributed by atoms with Gasteiger partial charge in [-0.05, 0) is 26.8 Å². The minimum atomic E-state index is -4.10. The topological polar surface area (TPSA) is 15.3 Å². The summed E-state index contributed by atoms with van der Waals surface area (Å²) in [5.41, 5.74) is 0. The Morgan fingerprint density at radius 2 is 1.88 bits per heavy atom. The molecular formula is C11H21F3N2. The molecule has 0 aromatic rings. The van der Waals surface area contributed by atoms with E-state index in [4.69, 9.17) is 0 Å². The molecule has 5 heteroatoms. The van der Waals surface area contributed by atoms with Crippen LogP contribution in [0, 0.1) is 0 Å². The Balaban J connectivity index is 2.20. The van der Waals surface area contributed by atoms with Gasteiger partial charge in [0.2, 0.25) is 0 Å². The zero-order valence-corrected chi connectivity index (χ0v) is 9.98. The highest BCUT2D eigenvalue weighted by atomic mass is 19.4. The van der Waals surface area contributed by atoms with Crippen LogP contribution in [-0.4, -0.2) is 43.3 Å². The van der Waals surface area contributed by atoms with Crippen LogP contribution in [0.1, 0.15) is 32.6 Å². The average molecular weight is 238 g/mol. The smallest absolute Gasteiger partial charge is 0.312 e. The number of nitrogens with zero attached hydrogens (tertiary/aromatic N) is 1. The maximum Gasteiger partial charge on any atom is 0.401 e. The van der Waals surface area contributed by atoms with Crippen LogP contribution in [0.25, 0.3) is 0 Å². The SMILES string of the molecule is CC(CNC1CCCC1)N(C)CC(F)(F)F. The van der Waals surface area contributed by atoms with Gasteiger partial charge >= 0.3 is 6.18 Å². The van der Waals surface area contributed by atoms with Gasteiger partial charge in [0.25, 0.3) is 0 Å². The second-order valence-electron chi connectivity index (χ2n) is 4.77. The molecule has 96 valence electrons. The first-order valence-electron chi connectivity index (χ1n) is 5.89. The maximum absolute atomic E-state index is 12.1. The number of hydrogen-bond donors (Lipinski definition) is 1. The van der Waals surface area contributed by atoms with Crippen molar-refractivity contribution in [1.29, 1.82) is 0 Å². The predicted octanol–water partition coefficient (Wildman–Crippen LogP) is 2.40. The van der Waals surface area contributed by atoms with E-state index in [9.17, 15) is 13.2 Å². The summed E-state index contributed by atoms with van der Waals surface area (Å²) in [4.78, 5) is 1.35. The summed E-state index contributed by atoms with van der Waals surface area (Å²) >= 11 is 0. The fraction of sp³-hybridized carbons (Fsp3) is 1.00. The van der Waals surface area contributed by atoms with Crippen molar-refractivity contribution in [3.63, 3.8) is 0 Å². The second-order valence-corrected chi connectivity index (χ2v) is 4.77. The molecule has 0 heterocycles. The molecule has 2 nitrogen and oxygen atoms in total. The second kappa shape index (κ2) is 5.87. The van der Waals surface area contributed by atoms with Crippen molar-refractivity contribution in [2.24, 2.45) is 0 Å². The highest BCUT2D eigenvalue weighted by Gasteiger charge is 2.30. The molecule has 0 aromatic carbocycles. The van der Waals surface area contributed by atoms with Gasteiger partial charge in [0.15, 0.2) is 0 Å². The van der Waals surface area contributed by atoms with Crippen molar-refractivity contribution in [2.75, 3.05) is 20.1 Å². The van der Waals surface area contributed by atoms with Crippen molar-refractivity contribution in [1.82, 2.24) is 10.2 Å². The van der Waals surface area contributed by atoms with Crippen LogP contribution in [0.5, 0.6) is 0 Å². The molecule has 0 radical (unpaired) electrons. The molecule has 1 atom stereocenters. The van der Waals surface area contributed by atoms with Crippen LogP contribution in [0.3, 0.4) is 0 Å². The Bertz CT molecular complexity index is 200. The normalized spacial score (nSPS) is 20.6. The summed E-state index contributed by atoms with van der Waals surface area (Å²) in [5.74, 6) is 0. The third kappa shape index (κ3) is 5.16. The van der Waals surface area contributed by atoms with Crippen LogP contribution < -0.4 is 5.32 Å². The van der Waals surface area contributed by atoms with Crippen LogP contribution in [0.2, 0.25) is 0 Å². The van der Waals surface area contributed by atoms with Gasteiger partial charge in [-0.3, -0.25) is 4.90 Å². The van der Waals surface area contributed by atoms with Crippen LogP contribution in [0.4, 0.5) is 13.2 Å². The molecule has 0 aromatic heterocycles. The summed E-state index contributed by atoms with van der Waals surface area (Å²) in [5, 5.41) is 3.34. The standard InChI is InChI=1S/C11H21F3N2/c1-9(16(2)8-11(12,13)14)7-15-10-5-3-4-6-10/h9-10,15H,3-8H2,1-2H3. The van der Waals surface area contributed by atoms with Gasteiger partial charge in [-0.15, -0.1) is 0 Å². The maximum atomic E-state index is 12.1. The van der Waals surface area contributed by atoms with Crippen molar-refractivity contribution >= 4 is 0 Å². The molecule has 0 spiro atoms. The molecular weight excluding hydrogens is 217 g/mol. The molecule has 0 amide bonds. The molecule has 16 heavy (non-hydrogen) atoms. The van der Waals surface area contributed by atoms with Crippen LogP contribution in [0.15, 0.2) is 0 Å². The predicted molar refractivity (Wildman–Crippen MR) is 58.4 cm³/mol. The van der Waals surface area contributed by atoms with Gasteiger partial charge < -0.3 is 5.32 Å². The molecule has 0 bridgehead atoms. The lowest BCUT2D eigenvalue weighted by Gasteiger charge is -2.27. The van der Waals surface area contributed by atoms with Gasteiger partial charge in [0, 0.05) is 18.6 Å². The fourth-order valence-corrected chi connectivity index (χ4v) is 2.06. The molecule has 1 unspecified atom stereocenters. The lowest BCUT2D eigenvalue weighted by atomic mass is 10.2. The lowest BCUT2D eigenvalue weighted by Crippen LogP contribution is -2.44. The molecule has 1 aliphatic rings. The number of hydrogen-bond acceptors (Lipinski definition) is 2. The Morgan fingerprint density at radius 3 is 2.38 bits per heavy atom. The molecule has 1 fully saturated rings. The highest BCUT2D eigenvalue weighted by molar-refractivity contribution is 4.77. The quantitative estimate of drug-likeness (QED) is 0.791. The summed E-state index contributed by atoms with van der Waals surface area (Å²) in [6.45, 7) is 1.63. The fourth-order valence-electron chi connectivity index (χ4n) is 2.06. The minimum absolute atomic E-state index is 0.0813. The van der Waals surface area contributed by atoms with E-state index in [0.717, 1.165) is 12.8 Å². The minimum Gasteiger partial charge on any atom is -0.312 e. The first-order valence-corrected chi connectivity index (χ1v) is 5.89. The number of rotatable bonds is 5. The van der Waals surface area contributed by atoms with Gasteiger partial charge in [0.1, 0.15) is 0 Å². The summed E-state index contributed by atoms with van der Waals surface area (Å²) in [6, 6.07) is 0.434. The summed E-state index contributed by atoms with van der Waals surface area (Å²) in [6.07, 6.45) is 0.705. The summed E-state index contributed by atoms with van der Waals surface area (Å²) in [7, 11) is 1.52. The zero-order valence-electron chi connectivity index (χ0n) is 9.98. The number of halogens is 3. The summed E-state index contributed by atoms with van der Waals surface area (Å²) < 4.78 is 36.4. The number of likely N-dealkylation sites (N-methyl/N-ethyl adjacent to an activating group) is 1. The molecule has 1 saturated carbocycles. The van der Waals surface area contributed by atoms with E-state index in [1.165, 1.54) is 24.8 Å². The molecule has 0 saturated heterocycles. The van der Waals surface area contributed by atoms with Gasteiger partial charge in [0.05, 0.1) is 6.54 Å². The lowest BCUT2D eigenvalue weighted by molar-refractivity contribution is -0.146. The van der Waals surface area contributed by atoms with Crippen molar-refractivity contribution in [3.05, 3.63) is 0 Å². The number of nitrogens with one attached hydrogen (secondary N) is 1. The third-order valence-corrected chi connectivity index (χ3v) is 3.24. The van der Waals surface area contributed by atoms with E-state index in [-0.39, 0.29) is 6.04 Å². The van der Waals surface area contributed by atoms with E-state index < -0.39 is 12.7 Å². The molecule has 1 N–H and O–H groups in total. The van der Waals surface area contributed by atoms with E-state index >= 15 is 0 Å². The molecule has 1 aliphatic carbocycles. The van der Waals surface area contributed by atoms with Gasteiger partial charge in [-0.1, -0.05) is 12.8 Å². The van der Waals surface area contributed by atoms with E-state index in [1.807, 2.05) is 6.92 Å². The third-order valence-electron chi connectivity index (χ3n) is 3.24. The largest absolute Gasteiger partial charge is 0.401 e. The van der Waals surface area contributed by atoms with E-state index in [0.29, 0.717) is 12.6 Å². The first kappa shape index (κ1) is 13.8. The van der Waals surface area contributed by atoms with E-state index in [2.05, 4.69) is 5.32 Å². The van der Waals surface area contributed by atoms with Crippen molar-refractivity contribution in [2.45, 2.75) is 50.9 Å². The van der Waals surface area contributed by atoms with Gasteiger partial charge in [-0.2, -0.15) is 13.2 Å².